The molecule has 6 nitrogen and oxygen atoms in total. The first-order chi connectivity index (χ1) is 36.0. The zero-order valence-electron chi connectivity index (χ0n) is 47.9. The Hall–Kier alpha value is -3.67. The van der Waals surface area contributed by atoms with Gasteiger partial charge in [0.25, 0.3) is 0 Å². The van der Waals surface area contributed by atoms with Gasteiger partial charge in [0.1, 0.15) is 13.2 Å². The minimum absolute atomic E-state index is 0.0944. The SMILES string of the molecule is CC/C=C\C/C=C\C/C=C\C/C=C\C/C=C\CCCCCC(=O)O[C@H](COC(=O)CCCCCCCCC/C=C\C/C=C\CCCCC)COC(=O)CCCCCCCCCCC/C=C\CCCCCCCC. The average molecular weight is 1020 g/mol. The zero-order chi connectivity index (χ0) is 52.9. The van der Waals surface area contributed by atoms with Crippen LogP contribution < -0.4 is 0 Å². The van der Waals surface area contributed by atoms with Gasteiger partial charge in [-0.1, -0.05) is 246 Å². The fourth-order valence-corrected chi connectivity index (χ4v) is 8.44. The van der Waals surface area contributed by atoms with Crippen molar-refractivity contribution in [3.05, 3.63) is 97.2 Å². The van der Waals surface area contributed by atoms with Crippen molar-refractivity contribution in [2.45, 2.75) is 297 Å². The van der Waals surface area contributed by atoms with Crippen LogP contribution in [0.4, 0.5) is 0 Å². The standard InChI is InChI=1S/C67H114O6/c1-4-7-10-13-16-19-22-25-28-31-33-36-39-42-45-48-51-54-57-60-66(69)72-63-64(62-71-65(68)59-56-53-50-47-44-41-38-35-30-27-24-21-18-15-12-9-6-3)73-67(70)61-58-55-52-49-46-43-40-37-34-32-29-26-23-20-17-14-11-8-5-2/h8,11,17-18,20-21,25-30,34,37,43,46,64H,4-7,9-10,12-16,19,22-24,31-33,35-36,38-42,44-45,47-63H2,1-3H3/b11-8-,20-17-,21-18-,28-25-,29-26-,30-27-,37-34-,46-43-/t64-/m1/s1. The summed E-state index contributed by atoms with van der Waals surface area (Å²) in [7, 11) is 0. The molecule has 0 fully saturated rings. The van der Waals surface area contributed by atoms with Crippen molar-refractivity contribution in [2.75, 3.05) is 13.2 Å². The molecule has 0 spiro atoms. The lowest BCUT2D eigenvalue weighted by molar-refractivity contribution is -0.167. The number of hydrogen-bond acceptors (Lipinski definition) is 6. The first-order valence-corrected chi connectivity index (χ1v) is 30.7. The molecule has 0 saturated heterocycles. The van der Waals surface area contributed by atoms with E-state index < -0.39 is 6.10 Å². The number of ether oxygens (including phenoxy) is 3. The number of allylic oxidation sites excluding steroid dienone is 16. The molecule has 0 bridgehead atoms. The van der Waals surface area contributed by atoms with Crippen LogP contribution in [0.2, 0.25) is 0 Å². The fourth-order valence-electron chi connectivity index (χ4n) is 8.44. The molecule has 73 heavy (non-hydrogen) atoms. The van der Waals surface area contributed by atoms with Crippen LogP contribution in [0.15, 0.2) is 97.2 Å². The Labute approximate surface area is 451 Å². The molecule has 0 N–H and O–H groups in total. The van der Waals surface area contributed by atoms with Crippen molar-refractivity contribution in [3.8, 4) is 0 Å². The maximum atomic E-state index is 12.9. The van der Waals surface area contributed by atoms with Gasteiger partial charge in [0, 0.05) is 19.3 Å². The highest BCUT2D eigenvalue weighted by molar-refractivity contribution is 5.71. The molecule has 0 radical (unpaired) electrons. The molecule has 0 aliphatic rings. The van der Waals surface area contributed by atoms with Crippen LogP contribution in [0.3, 0.4) is 0 Å². The third-order valence-corrected chi connectivity index (χ3v) is 13.0. The monoisotopic (exact) mass is 1010 g/mol. The molecule has 0 amide bonds. The normalized spacial score (nSPS) is 12.8. The van der Waals surface area contributed by atoms with Crippen LogP contribution in [-0.4, -0.2) is 37.2 Å². The number of esters is 3. The summed E-state index contributed by atoms with van der Waals surface area (Å²) in [6.45, 7) is 6.48. The van der Waals surface area contributed by atoms with Crippen molar-refractivity contribution in [1.29, 1.82) is 0 Å². The van der Waals surface area contributed by atoms with E-state index in [9.17, 15) is 14.4 Å². The van der Waals surface area contributed by atoms with Gasteiger partial charge in [0.2, 0.25) is 0 Å². The van der Waals surface area contributed by atoms with E-state index >= 15 is 0 Å². The van der Waals surface area contributed by atoms with E-state index in [0.29, 0.717) is 12.8 Å². The van der Waals surface area contributed by atoms with Crippen LogP contribution in [0.1, 0.15) is 290 Å². The van der Waals surface area contributed by atoms with Crippen LogP contribution in [-0.2, 0) is 28.6 Å². The second-order valence-electron chi connectivity index (χ2n) is 20.2. The lowest BCUT2D eigenvalue weighted by Gasteiger charge is -2.18. The molecule has 0 aromatic rings. The number of rotatable bonds is 55. The summed E-state index contributed by atoms with van der Waals surface area (Å²) in [5.74, 6) is -0.930. The van der Waals surface area contributed by atoms with Crippen LogP contribution >= 0.6 is 0 Å². The first kappa shape index (κ1) is 69.3. The van der Waals surface area contributed by atoms with E-state index in [1.807, 2.05) is 0 Å². The minimum Gasteiger partial charge on any atom is -0.462 e. The predicted molar refractivity (Wildman–Crippen MR) is 316 cm³/mol. The molecular weight excluding hydrogens is 901 g/mol. The number of carbonyl (C=O) groups is 3. The molecule has 418 valence electrons. The lowest BCUT2D eigenvalue weighted by atomic mass is 10.1. The molecule has 0 heterocycles. The van der Waals surface area contributed by atoms with E-state index in [-0.39, 0.29) is 37.5 Å². The molecule has 0 unspecified atom stereocenters. The Morgan fingerprint density at radius 1 is 0.288 bits per heavy atom. The van der Waals surface area contributed by atoms with Gasteiger partial charge in [-0.2, -0.15) is 0 Å². The van der Waals surface area contributed by atoms with Gasteiger partial charge < -0.3 is 14.2 Å². The highest BCUT2D eigenvalue weighted by Gasteiger charge is 2.19. The smallest absolute Gasteiger partial charge is 0.306 e. The Kier molecular flexibility index (Phi) is 57.8. The Bertz CT molecular complexity index is 1440. The number of unbranched alkanes of at least 4 members (excludes halogenated alkanes) is 28. The maximum Gasteiger partial charge on any atom is 0.306 e. The Balaban J connectivity index is 4.46. The molecule has 0 rings (SSSR count). The van der Waals surface area contributed by atoms with Gasteiger partial charge >= 0.3 is 17.9 Å². The van der Waals surface area contributed by atoms with Crippen LogP contribution in [0.25, 0.3) is 0 Å². The first-order valence-electron chi connectivity index (χ1n) is 30.7. The van der Waals surface area contributed by atoms with E-state index in [1.165, 1.54) is 141 Å². The van der Waals surface area contributed by atoms with Crippen LogP contribution in [0.5, 0.6) is 0 Å². The van der Waals surface area contributed by atoms with Gasteiger partial charge in [-0.3, -0.25) is 14.4 Å². The van der Waals surface area contributed by atoms with Crippen molar-refractivity contribution in [1.82, 2.24) is 0 Å². The summed E-state index contributed by atoms with van der Waals surface area (Å²) >= 11 is 0. The summed E-state index contributed by atoms with van der Waals surface area (Å²) in [5.41, 5.74) is 0. The topological polar surface area (TPSA) is 78.9 Å². The van der Waals surface area contributed by atoms with Gasteiger partial charge in [0.15, 0.2) is 6.10 Å². The summed E-state index contributed by atoms with van der Waals surface area (Å²) < 4.78 is 16.9. The second kappa shape index (κ2) is 60.9. The summed E-state index contributed by atoms with van der Waals surface area (Å²) in [4.78, 5) is 38.3. The quantitative estimate of drug-likeness (QED) is 0.0261. The lowest BCUT2D eigenvalue weighted by Crippen LogP contribution is -2.30. The van der Waals surface area contributed by atoms with E-state index in [4.69, 9.17) is 14.2 Å². The van der Waals surface area contributed by atoms with Gasteiger partial charge in [-0.05, 0) is 122 Å². The highest BCUT2D eigenvalue weighted by Crippen LogP contribution is 2.15. The van der Waals surface area contributed by atoms with E-state index in [1.54, 1.807) is 0 Å². The maximum absolute atomic E-state index is 12.9. The largest absolute Gasteiger partial charge is 0.462 e. The number of carbonyl (C=O) groups excluding carboxylic acids is 3. The van der Waals surface area contributed by atoms with Crippen molar-refractivity contribution in [2.24, 2.45) is 0 Å². The average Bonchev–Trinajstić information content (AvgIpc) is 3.39. The molecule has 0 aliphatic heterocycles. The Morgan fingerprint density at radius 3 is 0.890 bits per heavy atom. The summed E-state index contributed by atoms with van der Waals surface area (Å²) in [6.07, 6.45) is 81.1. The second-order valence-corrected chi connectivity index (χ2v) is 20.2. The van der Waals surface area contributed by atoms with Gasteiger partial charge in [-0.25, -0.2) is 0 Å². The van der Waals surface area contributed by atoms with Crippen molar-refractivity contribution in [3.63, 3.8) is 0 Å². The van der Waals surface area contributed by atoms with Gasteiger partial charge in [0.05, 0.1) is 0 Å². The molecule has 0 saturated carbocycles. The summed E-state index contributed by atoms with van der Waals surface area (Å²) in [5, 5.41) is 0. The number of hydrogen-bond donors (Lipinski definition) is 0. The molecule has 0 aromatic carbocycles. The summed E-state index contributed by atoms with van der Waals surface area (Å²) in [6, 6.07) is 0. The van der Waals surface area contributed by atoms with Gasteiger partial charge in [-0.15, -0.1) is 0 Å². The Morgan fingerprint density at radius 2 is 0.534 bits per heavy atom. The van der Waals surface area contributed by atoms with Crippen molar-refractivity contribution >= 4 is 17.9 Å². The third-order valence-electron chi connectivity index (χ3n) is 13.0. The highest BCUT2D eigenvalue weighted by atomic mass is 16.6. The molecule has 1 atom stereocenters. The van der Waals surface area contributed by atoms with E-state index in [2.05, 4.69) is 118 Å². The fraction of sp³-hybridized carbons (Fsp3) is 0.716. The third kappa shape index (κ3) is 59.1. The molecule has 6 heteroatoms. The molecule has 0 aromatic heterocycles. The zero-order valence-corrected chi connectivity index (χ0v) is 47.9. The molecular formula is C67H114O6. The van der Waals surface area contributed by atoms with Crippen LogP contribution in [0, 0.1) is 0 Å². The van der Waals surface area contributed by atoms with E-state index in [0.717, 1.165) is 109 Å². The van der Waals surface area contributed by atoms with Crippen molar-refractivity contribution < 1.29 is 28.6 Å². The minimum atomic E-state index is -0.801. The molecule has 0 aliphatic carbocycles. The predicted octanol–water partition coefficient (Wildman–Crippen LogP) is 20.9.